The third-order valence-electron chi connectivity index (χ3n) is 4.20. The fourth-order valence-electron chi connectivity index (χ4n) is 2.99. The van der Waals surface area contributed by atoms with E-state index in [4.69, 9.17) is 28.6 Å². The lowest BCUT2D eigenvalue weighted by molar-refractivity contribution is -0.139. The Labute approximate surface area is 166 Å². The maximum absolute atomic E-state index is 13.6. The third kappa shape index (κ3) is 3.68. The zero-order valence-corrected chi connectivity index (χ0v) is 16.6. The summed E-state index contributed by atoms with van der Waals surface area (Å²) in [5.41, 5.74) is 2.30. The topological polar surface area (TPSA) is 59.4 Å². The number of ether oxygens (including phenoxy) is 1. The average Bonchev–Trinajstić information content (AvgIpc) is 3.04. The van der Waals surface area contributed by atoms with Gasteiger partial charge in [-0.1, -0.05) is 11.6 Å². The summed E-state index contributed by atoms with van der Waals surface area (Å²) in [4.78, 5) is 14.3. The molecule has 1 aromatic heterocycles. The van der Waals surface area contributed by atoms with Crippen LogP contribution in [0.25, 0.3) is 0 Å². The van der Waals surface area contributed by atoms with Crippen LogP contribution in [0.15, 0.2) is 41.9 Å². The van der Waals surface area contributed by atoms with Gasteiger partial charge in [0.15, 0.2) is 5.11 Å². The first-order valence-corrected chi connectivity index (χ1v) is 9.04. The summed E-state index contributed by atoms with van der Waals surface area (Å²) in [5, 5.41) is 7.65. The van der Waals surface area contributed by atoms with Crippen molar-refractivity contribution in [3.63, 3.8) is 0 Å². The van der Waals surface area contributed by atoms with Gasteiger partial charge in [0, 0.05) is 30.2 Å². The number of anilines is 1. The van der Waals surface area contributed by atoms with Crippen LogP contribution in [0.5, 0.6) is 0 Å². The predicted molar refractivity (Wildman–Crippen MR) is 105 cm³/mol. The Morgan fingerprint density at radius 3 is 2.81 bits per heavy atom. The molecule has 2 heterocycles. The molecule has 9 heteroatoms. The number of aryl methyl sites for hydroxylation is 1. The highest BCUT2D eigenvalue weighted by Crippen LogP contribution is 2.35. The van der Waals surface area contributed by atoms with Crippen LogP contribution in [-0.4, -0.2) is 27.5 Å². The molecule has 1 aliphatic rings. The molecule has 0 amide bonds. The number of nitrogens with one attached hydrogen (secondary N) is 1. The Morgan fingerprint density at radius 1 is 1.48 bits per heavy atom. The van der Waals surface area contributed by atoms with E-state index in [9.17, 15) is 9.18 Å². The summed E-state index contributed by atoms with van der Waals surface area (Å²) in [6, 6.07) is 3.76. The Balaban J connectivity index is 2.13. The Morgan fingerprint density at radius 2 is 2.22 bits per heavy atom. The molecular formula is C18H18ClFN4O2S. The lowest BCUT2D eigenvalue weighted by atomic mass is 9.97. The fourth-order valence-corrected chi connectivity index (χ4v) is 3.53. The molecule has 2 aromatic rings. The highest BCUT2D eigenvalue weighted by atomic mass is 35.5. The summed E-state index contributed by atoms with van der Waals surface area (Å²) in [6.07, 6.45) is 3.47. The molecule has 3 rings (SSSR count). The highest BCUT2D eigenvalue weighted by Gasteiger charge is 2.36. The minimum atomic E-state index is -0.531. The number of benzene rings is 1. The second kappa shape index (κ2) is 7.66. The lowest BCUT2D eigenvalue weighted by Crippen LogP contribution is -2.48. The van der Waals surface area contributed by atoms with Crippen LogP contribution in [0.3, 0.4) is 0 Å². The number of nitrogens with zero attached hydrogens (tertiary/aromatic N) is 3. The number of carbonyl (C=O) groups is 1. The molecule has 27 heavy (non-hydrogen) atoms. The van der Waals surface area contributed by atoms with E-state index in [1.165, 1.54) is 12.1 Å². The van der Waals surface area contributed by atoms with Crippen LogP contribution in [-0.2, 0) is 16.6 Å². The van der Waals surface area contributed by atoms with Crippen molar-refractivity contribution in [2.24, 2.45) is 7.05 Å². The molecule has 0 radical (unpaired) electrons. The minimum Gasteiger partial charge on any atom is -0.463 e. The van der Waals surface area contributed by atoms with Crippen LogP contribution in [0.4, 0.5) is 10.1 Å². The quantitative estimate of drug-likeness (QED) is 0.617. The zero-order valence-electron chi connectivity index (χ0n) is 15.0. The Hall–Kier alpha value is -2.45. The standard InChI is InChI=1S/C18H18ClFN4O2S/c1-4-26-17(25)15-10(2)24(12-5-6-14(20)13(19)7-12)18(27)22-16(15)11-8-21-23(3)9-11/h5-9,16H,4H2,1-3H3,(H,22,27). The molecular weight excluding hydrogens is 391 g/mol. The van der Waals surface area contributed by atoms with Crippen molar-refractivity contribution >= 4 is 40.6 Å². The van der Waals surface area contributed by atoms with E-state index in [1.54, 1.807) is 48.9 Å². The van der Waals surface area contributed by atoms with E-state index in [1.807, 2.05) is 0 Å². The highest BCUT2D eigenvalue weighted by molar-refractivity contribution is 7.80. The predicted octanol–water partition coefficient (Wildman–Crippen LogP) is 3.49. The van der Waals surface area contributed by atoms with Gasteiger partial charge in [-0.15, -0.1) is 0 Å². The van der Waals surface area contributed by atoms with Gasteiger partial charge < -0.3 is 10.1 Å². The molecule has 1 unspecified atom stereocenters. The third-order valence-corrected chi connectivity index (χ3v) is 4.79. The molecule has 1 aromatic carbocycles. The second-order valence-corrected chi connectivity index (χ2v) is 6.78. The Bertz CT molecular complexity index is 943. The van der Waals surface area contributed by atoms with E-state index in [-0.39, 0.29) is 11.6 Å². The van der Waals surface area contributed by atoms with Crippen molar-refractivity contribution in [3.05, 3.63) is 58.3 Å². The summed E-state index contributed by atoms with van der Waals surface area (Å²) < 4.78 is 20.5. The second-order valence-electron chi connectivity index (χ2n) is 5.98. The van der Waals surface area contributed by atoms with Crippen molar-refractivity contribution in [3.8, 4) is 0 Å². The van der Waals surface area contributed by atoms with Gasteiger partial charge in [0.2, 0.25) is 0 Å². The molecule has 1 atom stereocenters. The van der Waals surface area contributed by atoms with E-state index in [0.717, 1.165) is 5.56 Å². The van der Waals surface area contributed by atoms with Crippen LogP contribution in [0.1, 0.15) is 25.5 Å². The molecule has 0 aliphatic carbocycles. The van der Waals surface area contributed by atoms with Crippen molar-refractivity contribution in [1.29, 1.82) is 0 Å². The summed E-state index contributed by atoms with van der Waals surface area (Å²) in [6.45, 7) is 3.74. The SMILES string of the molecule is CCOC(=O)C1=C(C)N(c2ccc(F)c(Cl)c2)C(=S)NC1c1cnn(C)c1. The van der Waals surface area contributed by atoms with Gasteiger partial charge in [-0.25, -0.2) is 9.18 Å². The fraction of sp³-hybridized carbons (Fsp3) is 0.278. The first-order chi connectivity index (χ1) is 12.8. The maximum Gasteiger partial charge on any atom is 0.338 e. The van der Waals surface area contributed by atoms with Crippen molar-refractivity contribution in [2.45, 2.75) is 19.9 Å². The van der Waals surface area contributed by atoms with Crippen LogP contribution < -0.4 is 10.2 Å². The molecule has 1 aliphatic heterocycles. The van der Waals surface area contributed by atoms with Gasteiger partial charge in [0.1, 0.15) is 5.82 Å². The van der Waals surface area contributed by atoms with Crippen molar-refractivity contribution < 1.29 is 13.9 Å². The average molecular weight is 409 g/mol. The largest absolute Gasteiger partial charge is 0.463 e. The monoisotopic (exact) mass is 408 g/mol. The van der Waals surface area contributed by atoms with Gasteiger partial charge in [-0.2, -0.15) is 5.10 Å². The van der Waals surface area contributed by atoms with Crippen molar-refractivity contribution in [2.75, 3.05) is 11.5 Å². The molecule has 0 saturated heterocycles. The normalized spacial score (nSPS) is 17.1. The van der Waals surface area contributed by atoms with E-state index in [0.29, 0.717) is 22.1 Å². The summed E-state index contributed by atoms with van der Waals surface area (Å²) in [7, 11) is 1.79. The zero-order chi connectivity index (χ0) is 19.7. The summed E-state index contributed by atoms with van der Waals surface area (Å²) in [5.74, 6) is -0.992. The lowest BCUT2D eigenvalue weighted by Gasteiger charge is -2.37. The number of hydrogen-bond donors (Lipinski definition) is 1. The number of esters is 1. The number of aromatic nitrogens is 2. The number of allylic oxidation sites excluding steroid dienone is 1. The Kier molecular flexibility index (Phi) is 5.48. The van der Waals surface area contributed by atoms with E-state index in [2.05, 4.69) is 10.4 Å². The van der Waals surface area contributed by atoms with E-state index >= 15 is 0 Å². The summed E-state index contributed by atoms with van der Waals surface area (Å²) >= 11 is 11.4. The molecule has 0 spiro atoms. The molecule has 1 N–H and O–H groups in total. The van der Waals surface area contributed by atoms with Crippen LogP contribution >= 0.6 is 23.8 Å². The van der Waals surface area contributed by atoms with Gasteiger partial charge in [0.25, 0.3) is 0 Å². The van der Waals surface area contributed by atoms with Crippen LogP contribution in [0, 0.1) is 5.82 Å². The number of carbonyl (C=O) groups excluding carboxylic acids is 1. The van der Waals surface area contributed by atoms with Gasteiger partial charge in [-0.3, -0.25) is 9.58 Å². The van der Waals surface area contributed by atoms with Gasteiger partial charge >= 0.3 is 5.97 Å². The minimum absolute atomic E-state index is 0.0323. The van der Waals surface area contributed by atoms with E-state index < -0.39 is 17.8 Å². The van der Waals surface area contributed by atoms with Gasteiger partial charge in [0.05, 0.1) is 29.4 Å². The number of rotatable bonds is 4. The first kappa shape index (κ1) is 19.3. The molecule has 142 valence electrons. The maximum atomic E-state index is 13.6. The number of thiocarbonyl (C=S) groups is 1. The van der Waals surface area contributed by atoms with Gasteiger partial charge in [-0.05, 0) is 44.3 Å². The van der Waals surface area contributed by atoms with Crippen molar-refractivity contribution in [1.82, 2.24) is 15.1 Å². The molecule has 0 bridgehead atoms. The molecule has 6 nitrogen and oxygen atoms in total. The number of halogens is 2. The van der Waals surface area contributed by atoms with Crippen LogP contribution in [0.2, 0.25) is 5.02 Å². The first-order valence-electron chi connectivity index (χ1n) is 8.25. The molecule has 0 saturated carbocycles. The smallest absolute Gasteiger partial charge is 0.338 e. The number of hydrogen-bond acceptors (Lipinski definition) is 4. The molecule has 0 fully saturated rings.